The summed E-state index contributed by atoms with van der Waals surface area (Å²) in [7, 11) is 3.33. The second-order valence-corrected chi connectivity index (χ2v) is 20.7. The minimum Gasteiger partial charge on any atom is -0.493 e. The van der Waals surface area contributed by atoms with E-state index in [-0.39, 0.29) is 13.2 Å². The Labute approximate surface area is 417 Å². The minimum atomic E-state index is -0.161. The van der Waals surface area contributed by atoms with Gasteiger partial charge in [0.25, 0.3) is 0 Å². The molecule has 0 aliphatic rings. The Morgan fingerprint density at radius 2 is 0.671 bits per heavy atom. The van der Waals surface area contributed by atoms with Crippen molar-refractivity contribution in [1.82, 2.24) is 0 Å². The molecule has 0 spiro atoms. The number of hydrogen-bond acceptors (Lipinski definition) is 6. The van der Waals surface area contributed by atoms with Crippen molar-refractivity contribution in [2.75, 3.05) is 14.2 Å². The van der Waals surface area contributed by atoms with Crippen molar-refractivity contribution in [2.24, 2.45) is 0 Å². The van der Waals surface area contributed by atoms with Crippen molar-refractivity contribution >= 4 is 63.0 Å². The molecule has 0 radical (unpaired) electrons. The zero-order chi connectivity index (χ0) is 48.5. The Balaban J connectivity index is 1.12. The van der Waals surface area contributed by atoms with Gasteiger partial charge in [0.1, 0.15) is 0 Å². The van der Waals surface area contributed by atoms with E-state index < -0.39 is 0 Å². The second kappa shape index (κ2) is 18.0. The molecule has 0 saturated carbocycles. The number of benzene rings is 9. The average molecular weight is 951 g/mol. The third kappa shape index (κ3) is 7.32. The minimum absolute atomic E-state index is 0.137. The Bertz CT molecular complexity index is 3670. The zero-order valence-corrected chi connectivity index (χ0v) is 42.4. The molecule has 0 saturated heterocycles. The van der Waals surface area contributed by atoms with Crippen molar-refractivity contribution in [3.63, 3.8) is 0 Å². The van der Waals surface area contributed by atoms with E-state index in [1.807, 2.05) is 40.9 Å². The van der Waals surface area contributed by atoms with Gasteiger partial charge < -0.3 is 19.7 Å². The Morgan fingerprint density at radius 1 is 0.329 bits per heavy atom. The van der Waals surface area contributed by atoms with Crippen molar-refractivity contribution < 1.29 is 19.7 Å². The lowest BCUT2D eigenvalue weighted by Crippen LogP contribution is -2.03. The highest BCUT2D eigenvalue weighted by atomic mass is 32.1. The van der Waals surface area contributed by atoms with Crippen molar-refractivity contribution in [2.45, 2.75) is 54.8 Å². The highest BCUT2D eigenvalue weighted by Crippen LogP contribution is 2.49. The maximum Gasteiger partial charge on any atom is 0.161 e. The largest absolute Gasteiger partial charge is 0.493 e. The summed E-state index contributed by atoms with van der Waals surface area (Å²) in [5.74, 6) is 1.34. The number of hydrogen-bond donors (Lipinski definition) is 2. The molecule has 0 fully saturated rings. The highest BCUT2D eigenvalue weighted by Gasteiger charge is 2.25. The normalized spacial score (nSPS) is 11.7. The van der Waals surface area contributed by atoms with Crippen LogP contribution < -0.4 is 9.47 Å². The van der Waals surface area contributed by atoms with Crippen LogP contribution in [0.15, 0.2) is 146 Å². The van der Waals surface area contributed by atoms with E-state index in [9.17, 15) is 10.2 Å². The van der Waals surface area contributed by atoms with E-state index in [0.717, 1.165) is 55.6 Å². The van der Waals surface area contributed by atoms with Crippen LogP contribution in [0.5, 0.6) is 11.5 Å². The summed E-state index contributed by atoms with van der Waals surface area (Å²) in [4.78, 5) is 0. The van der Waals surface area contributed by atoms with Crippen LogP contribution in [-0.4, -0.2) is 24.4 Å². The molecule has 0 bridgehead atoms. The number of rotatable bonds is 10. The first-order valence-electron chi connectivity index (χ1n) is 23.8. The molecule has 0 unspecified atom stereocenters. The first-order valence-corrected chi connectivity index (χ1v) is 25.4. The fraction of sp³-hybridized carbons (Fsp3) is 0.156. The number of ether oxygens (including phenoxy) is 2. The van der Waals surface area contributed by atoms with E-state index in [1.54, 1.807) is 14.2 Å². The highest BCUT2D eigenvalue weighted by molar-refractivity contribution is 7.26. The molecular weight excluding hydrogens is 897 g/mol. The smallest absolute Gasteiger partial charge is 0.161 e. The molecule has 11 rings (SSSR count). The number of aliphatic hydroxyl groups is 2. The van der Waals surface area contributed by atoms with Gasteiger partial charge in [0.05, 0.1) is 27.4 Å². The third-order valence-corrected chi connectivity index (χ3v) is 17.1. The maximum atomic E-state index is 10.4. The summed E-state index contributed by atoms with van der Waals surface area (Å²) in [6.45, 7) is 13.3. The van der Waals surface area contributed by atoms with Gasteiger partial charge in [0.15, 0.2) is 11.5 Å². The first-order chi connectivity index (χ1) is 34.0. The second-order valence-electron chi connectivity index (χ2n) is 18.6. The van der Waals surface area contributed by atoms with Gasteiger partial charge in [-0.25, -0.2) is 0 Å². The average Bonchev–Trinajstić information content (AvgIpc) is 3.94. The standard InChI is InChI=1S/C64H54O4S2/c1-35-59(36(2)62(44-25-28-53(67-7)54(30-44)68-8)39(5)61(35)43-21-22-47(33-65)48(29-43)34-66)41-17-19-42(20-18-41)60-37(3)63(45-23-26-51-49-13-9-11-15-55(49)69-57(51)31-45)40(6)64(38(60)4)46-24-27-52-50-14-10-12-16-56(50)70-58(52)32-46/h9-32,65-66H,33-34H2,1-8H3. The van der Waals surface area contributed by atoms with Crippen molar-refractivity contribution in [1.29, 1.82) is 0 Å². The van der Waals surface area contributed by atoms with Crippen LogP contribution >= 0.6 is 22.7 Å². The Kier molecular flexibility index (Phi) is 11.7. The van der Waals surface area contributed by atoms with E-state index in [0.29, 0.717) is 17.1 Å². The summed E-state index contributed by atoms with van der Waals surface area (Å²) in [5.41, 5.74) is 22.6. The lowest BCUT2D eigenvalue weighted by molar-refractivity contribution is 0.260. The van der Waals surface area contributed by atoms with Gasteiger partial charge in [-0.15, -0.1) is 22.7 Å². The van der Waals surface area contributed by atoms with E-state index >= 15 is 0 Å². The molecule has 2 N–H and O–H groups in total. The topological polar surface area (TPSA) is 58.9 Å². The molecule has 2 heterocycles. The van der Waals surface area contributed by atoms with Crippen LogP contribution in [0.3, 0.4) is 0 Å². The summed E-state index contributed by atoms with van der Waals surface area (Å²) in [6.07, 6.45) is 0. The van der Waals surface area contributed by atoms with Gasteiger partial charge in [-0.05, 0) is 195 Å². The van der Waals surface area contributed by atoms with Crippen LogP contribution in [0.1, 0.15) is 44.5 Å². The third-order valence-electron chi connectivity index (χ3n) is 14.8. The Hall–Kier alpha value is -7.06. The predicted molar refractivity (Wildman–Crippen MR) is 298 cm³/mol. The number of thiophene rings is 2. The first kappa shape index (κ1) is 45.4. The van der Waals surface area contributed by atoms with E-state index in [2.05, 4.69) is 169 Å². The molecule has 346 valence electrons. The van der Waals surface area contributed by atoms with Gasteiger partial charge in [0.2, 0.25) is 0 Å². The molecule has 4 nitrogen and oxygen atoms in total. The summed E-state index contributed by atoms with van der Waals surface area (Å²) < 4.78 is 16.7. The number of aliphatic hydroxyl groups excluding tert-OH is 2. The van der Waals surface area contributed by atoms with Gasteiger partial charge in [-0.3, -0.25) is 0 Å². The molecule has 70 heavy (non-hydrogen) atoms. The van der Waals surface area contributed by atoms with Gasteiger partial charge in [-0.2, -0.15) is 0 Å². The van der Waals surface area contributed by atoms with Crippen LogP contribution in [0, 0.1) is 41.5 Å². The van der Waals surface area contributed by atoms with Crippen LogP contribution in [0.2, 0.25) is 0 Å². The van der Waals surface area contributed by atoms with Gasteiger partial charge in [0, 0.05) is 40.3 Å². The summed E-state index contributed by atoms with van der Waals surface area (Å²) >= 11 is 3.73. The summed E-state index contributed by atoms with van der Waals surface area (Å²) in [5, 5.41) is 25.8. The van der Waals surface area contributed by atoms with Gasteiger partial charge >= 0.3 is 0 Å². The van der Waals surface area contributed by atoms with E-state index in [1.165, 1.54) is 90.4 Å². The lowest BCUT2D eigenvalue weighted by Gasteiger charge is -2.25. The SMILES string of the molecule is COc1ccc(-c2c(C)c(-c3ccc(-c4c(C)c(-c5ccc6c(c5)sc5ccccc56)c(C)c(-c5ccc6c(c5)sc5ccccc56)c4C)cc3)c(C)c(-c3ccc(CO)c(CO)c3)c2C)cc1OC. The fourth-order valence-electron chi connectivity index (χ4n) is 11.7. The van der Waals surface area contributed by atoms with Crippen molar-refractivity contribution in [3.8, 4) is 78.3 Å². The Morgan fingerprint density at radius 3 is 1.10 bits per heavy atom. The molecule has 0 aliphatic heterocycles. The molecular formula is C64H54O4S2. The quantitative estimate of drug-likeness (QED) is 0.143. The van der Waals surface area contributed by atoms with Crippen LogP contribution in [0.25, 0.3) is 107 Å². The van der Waals surface area contributed by atoms with Crippen LogP contribution in [-0.2, 0) is 13.2 Å². The fourth-order valence-corrected chi connectivity index (χ4v) is 14.0. The zero-order valence-electron chi connectivity index (χ0n) is 40.8. The molecule has 6 heteroatoms. The molecule has 9 aromatic carbocycles. The maximum absolute atomic E-state index is 10.4. The lowest BCUT2D eigenvalue weighted by atomic mass is 9.79. The number of methoxy groups -OCH3 is 2. The van der Waals surface area contributed by atoms with Crippen molar-refractivity contribution in [3.05, 3.63) is 190 Å². The molecule has 0 amide bonds. The predicted octanol–water partition coefficient (Wildman–Crippen LogP) is 17.3. The molecule has 0 aliphatic carbocycles. The van der Waals surface area contributed by atoms with Crippen LogP contribution in [0.4, 0.5) is 0 Å². The monoisotopic (exact) mass is 950 g/mol. The van der Waals surface area contributed by atoms with E-state index in [4.69, 9.17) is 9.47 Å². The number of fused-ring (bicyclic) bond motifs is 6. The molecule has 2 aromatic heterocycles. The molecule has 11 aromatic rings. The van der Waals surface area contributed by atoms with Gasteiger partial charge in [-0.1, -0.05) is 103 Å². The summed E-state index contributed by atoms with van der Waals surface area (Å²) in [6, 6.07) is 52.9. The molecule has 0 atom stereocenters.